The van der Waals surface area contributed by atoms with E-state index in [1.807, 2.05) is 13.8 Å². The first-order valence-electron chi connectivity index (χ1n) is 31.0. The molecule has 0 aliphatic heterocycles. The lowest BCUT2D eigenvalue weighted by Crippen LogP contribution is -2.52. The number of hydrogen-bond donors (Lipinski definition) is 10. The highest BCUT2D eigenvalue weighted by Crippen LogP contribution is 2.29. The Balaban J connectivity index is 1.42. The van der Waals surface area contributed by atoms with Crippen molar-refractivity contribution < 1.29 is 77.4 Å². The van der Waals surface area contributed by atoms with Crippen molar-refractivity contribution in [3.05, 3.63) is 29.8 Å². The topological polar surface area (TPSA) is 349 Å². The zero-order valence-electron chi connectivity index (χ0n) is 50.4. The zero-order chi connectivity index (χ0) is 61.6. The molecule has 2 rings (SSSR count). The average molecular weight is 1190 g/mol. The van der Waals surface area contributed by atoms with E-state index in [0.29, 0.717) is 32.2 Å². The van der Waals surface area contributed by atoms with Crippen molar-refractivity contribution in [1.29, 1.82) is 0 Å². The number of carboxylic acids is 2. The Labute approximate surface area is 497 Å². The molecule has 0 saturated heterocycles. The van der Waals surface area contributed by atoms with Gasteiger partial charge in [-0.25, -0.2) is 4.79 Å². The molecule has 1 saturated carbocycles. The van der Waals surface area contributed by atoms with Crippen LogP contribution in [0, 0.1) is 17.8 Å². The maximum absolute atomic E-state index is 13.1. The Morgan fingerprint density at radius 3 is 1.57 bits per heavy atom. The first-order valence-corrected chi connectivity index (χ1v) is 31.0. The zero-order valence-corrected chi connectivity index (χ0v) is 50.4. The van der Waals surface area contributed by atoms with Gasteiger partial charge in [0.25, 0.3) is 0 Å². The quantitative estimate of drug-likeness (QED) is 0.0377. The summed E-state index contributed by atoms with van der Waals surface area (Å²) >= 11 is 0. The number of carbonyl (C=O) groups is 9. The molecule has 1 aromatic rings. The van der Waals surface area contributed by atoms with Crippen molar-refractivity contribution in [3.8, 4) is 5.75 Å². The summed E-state index contributed by atoms with van der Waals surface area (Å²) in [5.41, 5.74) is 6.29. The molecule has 23 heteroatoms. The lowest BCUT2D eigenvalue weighted by molar-refractivity contribution is -0.143. The summed E-state index contributed by atoms with van der Waals surface area (Å²) in [7, 11) is 0. The molecule has 23 nitrogen and oxygen atoms in total. The molecule has 1 aliphatic rings. The van der Waals surface area contributed by atoms with Gasteiger partial charge >= 0.3 is 11.9 Å². The highest BCUT2D eigenvalue weighted by Gasteiger charge is 2.31. The number of nitrogens with two attached hydrogens (primary N) is 1. The number of phenols is 1. The number of rotatable bonds is 53. The third-order valence-corrected chi connectivity index (χ3v) is 15.1. The molecule has 478 valence electrons. The smallest absolute Gasteiger partial charge is 0.326 e. The standard InChI is InChI=1S/C61H103N7O16/c1-3-45(2)58(52(70)42-65-51(59(62)77)40-46-24-28-49(69)29-25-46)68-56(74)44-84-39-37-82-35-33-64-55(73)43-83-38-36-81-34-32-63-54(72)31-30-50(61(79)80)67-60(78)48-26-22-47(23-27-48)41-66-53(71)20-18-16-14-12-10-8-6-4-5-7-9-11-13-15-17-19-21-57(75)76/h24-25,28-29,45,47-48,50-51,58,65,69H,3-23,26-27,30-44H2,1-2H3,(H2,62,77)(H,63,72)(H,64,73)(H,66,71)(H,67,78)(H,68,74)(H,75,76)(H,79,80)/t45-,47?,48?,50?,51-,58-/m0/s1. The van der Waals surface area contributed by atoms with E-state index in [4.69, 9.17) is 29.8 Å². The van der Waals surface area contributed by atoms with Crippen LogP contribution in [-0.4, -0.2) is 166 Å². The van der Waals surface area contributed by atoms with E-state index in [0.717, 1.165) is 56.9 Å². The number of Topliss-reactive ketones (excluding diaryl/α,β-unsaturated/α-hetero) is 1. The lowest BCUT2D eigenvalue weighted by Gasteiger charge is -2.28. The SMILES string of the molecule is CC[C@H](C)[C@H](NC(=O)COCCOCCNC(=O)COCCOCCNC(=O)CCC(NC(=O)C1CCC(CNC(=O)CCCCCCCCCCCCCCCCCCC(=O)O)CC1)C(=O)O)C(=O)CN[C@@H](Cc1ccc(O)cc1)C(N)=O. The molecule has 0 spiro atoms. The Bertz CT molecular complexity index is 2040. The average Bonchev–Trinajstić information content (AvgIpc) is 3.50. The van der Waals surface area contributed by atoms with Crippen LogP contribution in [-0.2, 0) is 68.5 Å². The molecule has 84 heavy (non-hydrogen) atoms. The largest absolute Gasteiger partial charge is 0.508 e. The second-order valence-electron chi connectivity index (χ2n) is 22.1. The minimum atomic E-state index is -1.22. The normalized spacial score (nSPS) is 15.5. The highest BCUT2D eigenvalue weighted by atomic mass is 16.5. The number of ketones is 1. The van der Waals surface area contributed by atoms with Crippen molar-refractivity contribution in [2.45, 2.75) is 199 Å². The number of carbonyl (C=O) groups excluding carboxylic acids is 7. The summed E-state index contributed by atoms with van der Waals surface area (Å²) < 4.78 is 21.6. The van der Waals surface area contributed by atoms with Gasteiger partial charge in [0.1, 0.15) is 25.0 Å². The monoisotopic (exact) mass is 1190 g/mol. The number of phenolic OH excluding ortho intramolecular Hbond substituents is 1. The number of nitrogens with one attached hydrogen (secondary N) is 6. The van der Waals surface area contributed by atoms with E-state index < -0.39 is 41.9 Å². The molecular weight excluding hydrogens is 1090 g/mol. The predicted octanol–water partition coefficient (Wildman–Crippen LogP) is 5.16. The van der Waals surface area contributed by atoms with Gasteiger partial charge in [0.15, 0.2) is 5.78 Å². The third kappa shape index (κ3) is 38.2. The summed E-state index contributed by atoms with van der Waals surface area (Å²) in [6.07, 6.45) is 22.8. The van der Waals surface area contributed by atoms with Gasteiger partial charge in [-0.2, -0.15) is 0 Å². The molecule has 0 heterocycles. The van der Waals surface area contributed by atoms with E-state index in [2.05, 4.69) is 31.9 Å². The molecule has 0 bridgehead atoms. The van der Waals surface area contributed by atoms with Crippen LogP contribution >= 0.6 is 0 Å². The number of benzene rings is 1. The number of primary amides is 1. The lowest BCUT2D eigenvalue weighted by atomic mass is 9.81. The molecule has 1 aromatic carbocycles. The van der Waals surface area contributed by atoms with Crippen LogP contribution in [0.4, 0.5) is 0 Å². The maximum atomic E-state index is 13.1. The molecule has 1 fully saturated rings. The molecule has 1 unspecified atom stereocenters. The second kappa shape index (κ2) is 47.5. The van der Waals surface area contributed by atoms with Gasteiger partial charge in [-0.05, 0) is 80.9 Å². The van der Waals surface area contributed by atoms with E-state index in [1.165, 1.54) is 76.3 Å². The van der Waals surface area contributed by atoms with Crippen LogP contribution in [0.3, 0.4) is 0 Å². The molecular formula is C61H103N7O16. The van der Waals surface area contributed by atoms with Gasteiger partial charge in [0.05, 0.1) is 58.3 Å². The summed E-state index contributed by atoms with van der Waals surface area (Å²) in [6.45, 7) is 4.79. The summed E-state index contributed by atoms with van der Waals surface area (Å²) in [5.74, 6) is -4.58. The second-order valence-corrected chi connectivity index (χ2v) is 22.1. The molecule has 0 aromatic heterocycles. The number of ether oxygens (including phenoxy) is 4. The van der Waals surface area contributed by atoms with Crippen molar-refractivity contribution >= 4 is 53.2 Å². The highest BCUT2D eigenvalue weighted by molar-refractivity contribution is 5.91. The van der Waals surface area contributed by atoms with Crippen molar-refractivity contribution in [1.82, 2.24) is 31.9 Å². The minimum absolute atomic E-state index is 0.0598. The van der Waals surface area contributed by atoms with E-state index in [1.54, 1.807) is 12.1 Å². The summed E-state index contributed by atoms with van der Waals surface area (Å²) in [5, 5.41) is 44.6. The Morgan fingerprint density at radius 2 is 1.06 bits per heavy atom. The number of aromatic hydroxyl groups is 1. The summed E-state index contributed by atoms with van der Waals surface area (Å²) in [4.78, 5) is 110. The van der Waals surface area contributed by atoms with Crippen molar-refractivity contribution in [3.63, 3.8) is 0 Å². The molecule has 1 aliphatic carbocycles. The Kier molecular flexibility index (Phi) is 42.0. The van der Waals surface area contributed by atoms with Crippen LogP contribution in [0.25, 0.3) is 0 Å². The van der Waals surface area contributed by atoms with Crippen LogP contribution in [0.1, 0.15) is 180 Å². The number of unbranched alkanes of at least 4 members (excludes halogenated alkanes) is 15. The van der Waals surface area contributed by atoms with Crippen molar-refractivity contribution in [2.24, 2.45) is 23.5 Å². The van der Waals surface area contributed by atoms with Gasteiger partial charge in [0.2, 0.25) is 35.4 Å². The first-order chi connectivity index (χ1) is 40.5. The molecule has 0 radical (unpaired) electrons. The molecule has 4 atom stereocenters. The van der Waals surface area contributed by atoms with Gasteiger partial charge in [-0.3, -0.25) is 43.7 Å². The predicted molar refractivity (Wildman–Crippen MR) is 316 cm³/mol. The van der Waals surface area contributed by atoms with Crippen LogP contribution in [0.15, 0.2) is 24.3 Å². The van der Waals surface area contributed by atoms with Gasteiger partial charge in [-0.15, -0.1) is 0 Å². The van der Waals surface area contributed by atoms with Crippen molar-refractivity contribution in [2.75, 3.05) is 79.0 Å². The fourth-order valence-electron chi connectivity index (χ4n) is 9.73. The van der Waals surface area contributed by atoms with Gasteiger partial charge in [-0.1, -0.05) is 122 Å². The van der Waals surface area contributed by atoms with E-state index in [-0.39, 0.29) is 151 Å². The third-order valence-electron chi connectivity index (χ3n) is 15.1. The van der Waals surface area contributed by atoms with Crippen LogP contribution in [0.2, 0.25) is 0 Å². The number of carboxylic acid groups (broad SMARTS) is 2. The first kappa shape index (κ1) is 74.4. The summed E-state index contributed by atoms with van der Waals surface area (Å²) in [6, 6.07) is 3.42. The number of amides is 6. The van der Waals surface area contributed by atoms with E-state index >= 15 is 0 Å². The van der Waals surface area contributed by atoms with Gasteiger partial charge in [0, 0.05) is 44.8 Å². The fraction of sp³-hybridized carbons (Fsp3) is 0.754. The minimum Gasteiger partial charge on any atom is -0.508 e. The maximum Gasteiger partial charge on any atom is 0.326 e. The number of hydrogen-bond acceptors (Lipinski definition) is 15. The van der Waals surface area contributed by atoms with Crippen LogP contribution in [0.5, 0.6) is 5.75 Å². The Morgan fingerprint density at radius 1 is 0.571 bits per heavy atom. The fourth-order valence-corrected chi connectivity index (χ4v) is 9.73. The van der Waals surface area contributed by atoms with Gasteiger partial charge < -0.3 is 66.6 Å². The molecule has 11 N–H and O–H groups in total. The Hall–Kier alpha value is -5.75. The molecule has 6 amide bonds. The van der Waals surface area contributed by atoms with Crippen LogP contribution < -0.4 is 37.6 Å². The van der Waals surface area contributed by atoms with E-state index in [9.17, 15) is 53.4 Å². The number of aliphatic carboxylic acids is 2.